The molecule has 2 rings (SSSR count). The fourth-order valence-electron chi connectivity index (χ4n) is 2.39. The van der Waals surface area contributed by atoms with Crippen molar-refractivity contribution in [2.24, 2.45) is 0 Å². The van der Waals surface area contributed by atoms with Gasteiger partial charge >= 0.3 is 5.97 Å². The highest BCUT2D eigenvalue weighted by Crippen LogP contribution is 2.23. The van der Waals surface area contributed by atoms with Crippen molar-refractivity contribution in [3.8, 4) is 5.75 Å². The molecule has 2 N–H and O–H groups in total. The van der Waals surface area contributed by atoms with Crippen LogP contribution in [0, 0.1) is 0 Å². The second-order valence-corrected chi connectivity index (χ2v) is 4.96. The van der Waals surface area contributed by atoms with Crippen LogP contribution in [0.3, 0.4) is 0 Å². The number of ether oxygens (including phenoxy) is 3. The number of benzene rings is 1. The number of carbonyl (C=O) groups excluding carboxylic acids is 1. The first kappa shape index (κ1) is 14.7. The van der Waals surface area contributed by atoms with E-state index in [0.29, 0.717) is 11.4 Å². The minimum Gasteiger partial charge on any atom is -0.480 e. The normalized spacial score (nSPS) is 22.2. The van der Waals surface area contributed by atoms with E-state index in [4.69, 9.17) is 19.9 Å². The predicted molar refractivity (Wildman–Crippen MR) is 75.5 cm³/mol. The zero-order valence-electron chi connectivity index (χ0n) is 11.7. The molecule has 2 unspecified atom stereocenters. The third kappa shape index (κ3) is 4.13. The molecule has 0 amide bonds. The van der Waals surface area contributed by atoms with E-state index in [1.807, 2.05) is 6.07 Å². The molecule has 1 aliphatic rings. The van der Waals surface area contributed by atoms with Crippen molar-refractivity contribution in [1.29, 1.82) is 0 Å². The first-order chi connectivity index (χ1) is 9.69. The molecule has 1 fully saturated rings. The Morgan fingerprint density at radius 3 is 2.80 bits per heavy atom. The Balaban J connectivity index is 1.77. The Labute approximate surface area is 119 Å². The number of hydrogen-bond acceptors (Lipinski definition) is 5. The number of nitrogen functional groups attached to an aromatic ring is 1. The highest BCUT2D eigenvalue weighted by atomic mass is 16.6. The third-order valence-electron chi connectivity index (χ3n) is 3.47. The van der Waals surface area contributed by atoms with E-state index in [1.54, 1.807) is 25.3 Å². The minimum atomic E-state index is -0.366. The van der Waals surface area contributed by atoms with E-state index in [9.17, 15) is 4.79 Å². The molecule has 1 aromatic carbocycles. The van der Waals surface area contributed by atoms with Crippen molar-refractivity contribution in [2.45, 2.75) is 37.9 Å². The van der Waals surface area contributed by atoms with Crippen LogP contribution < -0.4 is 10.5 Å². The maximum absolute atomic E-state index is 11.8. The van der Waals surface area contributed by atoms with Crippen molar-refractivity contribution in [3.63, 3.8) is 0 Å². The molecule has 5 nitrogen and oxygen atoms in total. The lowest BCUT2D eigenvalue weighted by atomic mass is 9.95. The van der Waals surface area contributed by atoms with Crippen molar-refractivity contribution in [3.05, 3.63) is 24.3 Å². The van der Waals surface area contributed by atoms with E-state index >= 15 is 0 Å². The van der Waals surface area contributed by atoms with Crippen LogP contribution in [-0.4, -0.2) is 31.9 Å². The Kier molecular flexibility index (Phi) is 5.24. The molecule has 1 aromatic rings. The number of hydrogen-bond donors (Lipinski definition) is 1. The summed E-state index contributed by atoms with van der Waals surface area (Å²) in [6, 6.07) is 7.07. The Morgan fingerprint density at radius 2 is 2.05 bits per heavy atom. The van der Waals surface area contributed by atoms with Crippen LogP contribution in [0.15, 0.2) is 24.3 Å². The summed E-state index contributed by atoms with van der Waals surface area (Å²) in [5.41, 5.74) is 6.25. The molecule has 0 aromatic heterocycles. The number of carbonyl (C=O) groups is 1. The van der Waals surface area contributed by atoms with Crippen LogP contribution in [0.4, 0.5) is 5.69 Å². The summed E-state index contributed by atoms with van der Waals surface area (Å²) in [5, 5.41) is 0. The minimum absolute atomic E-state index is 0.0714. The second-order valence-electron chi connectivity index (χ2n) is 4.96. The molecule has 0 heterocycles. The summed E-state index contributed by atoms with van der Waals surface area (Å²) in [6.07, 6.45) is 3.81. The molecular weight excluding hydrogens is 258 g/mol. The van der Waals surface area contributed by atoms with Crippen LogP contribution in [0.5, 0.6) is 5.75 Å². The fourth-order valence-corrected chi connectivity index (χ4v) is 2.39. The first-order valence-corrected chi connectivity index (χ1v) is 6.88. The lowest BCUT2D eigenvalue weighted by molar-refractivity contribution is -0.155. The number of esters is 1. The Bertz CT molecular complexity index is 449. The monoisotopic (exact) mass is 279 g/mol. The summed E-state index contributed by atoms with van der Waals surface area (Å²) in [5.74, 6) is 0.137. The molecule has 1 aliphatic carbocycles. The van der Waals surface area contributed by atoms with Gasteiger partial charge in [0.15, 0.2) is 6.61 Å². The van der Waals surface area contributed by atoms with E-state index in [0.717, 1.165) is 25.7 Å². The number of rotatable bonds is 5. The van der Waals surface area contributed by atoms with Crippen LogP contribution in [0.25, 0.3) is 0 Å². The summed E-state index contributed by atoms with van der Waals surface area (Å²) in [7, 11) is 1.69. The van der Waals surface area contributed by atoms with Crippen LogP contribution in [0.1, 0.15) is 25.7 Å². The average molecular weight is 279 g/mol. The third-order valence-corrected chi connectivity index (χ3v) is 3.47. The quantitative estimate of drug-likeness (QED) is 0.660. The molecule has 20 heavy (non-hydrogen) atoms. The van der Waals surface area contributed by atoms with E-state index in [2.05, 4.69) is 0 Å². The van der Waals surface area contributed by atoms with Gasteiger partial charge in [0.2, 0.25) is 0 Å². The molecule has 2 atom stereocenters. The zero-order valence-corrected chi connectivity index (χ0v) is 11.7. The predicted octanol–water partition coefficient (Wildman–Crippen LogP) is 2.15. The van der Waals surface area contributed by atoms with Gasteiger partial charge in [-0.1, -0.05) is 12.1 Å². The SMILES string of the molecule is COC1CCCC(OC(=O)COc2ccccc2N)C1. The lowest BCUT2D eigenvalue weighted by Gasteiger charge is -2.27. The van der Waals surface area contributed by atoms with Gasteiger partial charge in [-0.05, 0) is 31.4 Å². The number of anilines is 1. The van der Waals surface area contributed by atoms with E-state index < -0.39 is 0 Å². The number of methoxy groups -OCH3 is 1. The first-order valence-electron chi connectivity index (χ1n) is 6.88. The molecule has 0 radical (unpaired) electrons. The topological polar surface area (TPSA) is 70.8 Å². The standard InChI is InChI=1S/C15H21NO4/c1-18-11-5-4-6-12(9-11)20-15(17)10-19-14-8-3-2-7-13(14)16/h2-3,7-8,11-12H,4-6,9-10,16H2,1H3. The largest absolute Gasteiger partial charge is 0.480 e. The van der Waals surface area contributed by atoms with Gasteiger partial charge in [0.25, 0.3) is 0 Å². The molecule has 0 bridgehead atoms. The Morgan fingerprint density at radius 1 is 1.30 bits per heavy atom. The lowest BCUT2D eigenvalue weighted by Crippen LogP contribution is -2.31. The van der Waals surface area contributed by atoms with Crippen molar-refractivity contribution in [2.75, 3.05) is 19.5 Å². The van der Waals surface area contributed by atoms with E-state index in [1.165, 1.54) is 0 Å². The van der Waals surface area contributed by atoms with Gasteiger partial charge in [-0.3, -0.25) is 0 Å². The number of nitrogens with two attached hydrogens (primary N) is 1. The van der Waals surface area contributed by atoms with Crippen molar-refractivity contribution in [1.82, 2.24) is 0 Å². The second kappa shape index (κ2) is 7.14. The summed E-state index contributed by atoms with van der Waals surface area (Å²) >= 11 is 0. The van der Waals surface area contributed by atoms with Gasteiger partial charge in [-0.2, -0.15) is 0 Å². The fraction of sp³-hybridized carbons (Fsp3) is 0.533. The molecule has 5 heteroatoms. The summed E-state index contributed by atoms with van der Waals surface area (Å²) in [6.45, 7) is -0.123. The van der Waals surface area contributed by atoms with Crippen LogP contribution in [0.2, 0.25) is 0 Å². The smallest absolute Gasteiger partial charge is 0.344 e. The van der Waals surface area contributed by atoms with E-state index in [-0.39, 0.29) is 24.8 Å². The molecule has 0 spiro atoms. The maximum Gasteiger partial charge on any atom is 0.344 e. The highest BCUT2D eigenvalue weighted by Gasteiger charge is 2.24. The Hall–Kier alpha value is -1.75. The summed E-state index contributed by atoms with van der Waals surface area (Å²) in [4.78, 5) is 11.8. The van der Waals surface area contributed by atoms with Gasteiger partial charge in [-0.15, -0.1) is 0 Å². The van der Waals surface area contributed by atoms with Gasteiger partial charge in [0.05, 0.1) is 11.8 Å². The van der Waals surface area contributed by atoms with Gasteiger partial charge < -0.3 is 19.9 Å². The zero-order chi connectivity index (χ0) is 14.4. The van der Waals surface area contributed by atoms with Gasteiger partial charge in [0.1, 0.15) is 11.9 Å². The average Bonchev–Trinajstić information content (AvgIpc) is 2.46. The summed E-state index contributed by atoms with van der Waals surface area (Å²) < 4.78 is 16.1. The maximum atomic E-state index is 11.8. The molecule has 110 valence electrons. The van der Waals surface area contributed by atoms with Gasteiger partial charge in [-0.25, -0.2) is 4.79 Å². The number of para-hydroxylation sites is 2. The molecule has 0 aliphatic heterocycles. The highest BCUT2D eigenvalue weighted by molar-refractivity contribution is 5.71. The van der Waals surface area contributed by atoms with Crippen LogP contribution in [-0.2, 0) is 14.3 Å². The molecular formula is C15H21NO4. The molecule has 1 saturated carbocycles. The van der Waals surface area contributed by atoms with Crippen molar-refractivity contribution < 1.29 is 19.0 Å². The van der Waals surface area contributed by atoms with Crippen molar-refractivity contribution >= 4 is 11.7 Å². The van der Waals surface area contributed by atoms with Gasteiger partial charge in [0, 0.05) is 13.5 Å². The van der Waals surface area contributed by atoms with Crippen LogP contribution >= 0.6 is 0 Å². The molecule has 0 saturated heterocycles.